The van der Waals surface area contributed by atoms with Crippen molar-refractivity contribution in [2.75, 3.05) is 13.2 Å². The number of carbonyl (C=O) groups is 2. The van der Waals surface area contributed by atoms with Gasteiger partial charge in [-0.3, -0.25) is 9.59 Å². The summed E-state index contributed by atoms with van der Waals surface area (Å²) in [5.74, 6) is -1.39. The lowest BCUT2D eigenvalue weighted by molar-refractivity contribution is -0.153. The number of ether oxygens (including phenoxy) is 2. The average Bonchev–Trinajstić information content (AvgIpc) is 3.23. The van der Waals surface area contributed by atoms with Gasteiger partial charge in [-0.05, 0) is 31.5 Å². The summed E-state index contributed by atoms with van der Waals surface area (Å²) in [6, 6.07) is 7.86. The van der Waals surface area contributed by atoms with E-state index in [1.54, 1.807) is 6.92 Å². The molecule has 5 atom stereocenters. The summed E-state index contributed by atoms with van der Waals surface area (Å²) in [6.45, 7) is 4.56. The summed E-state index contributed by atoms with van der Waals surface area (Å²) in [5.41, 5.74) is 0.363. The monoisotopic (exact) mass is 405 g/mol. The zero-order chi connectivity index (χ0) is 17.8. The van der Waals surface area contributed by atoms with Crippen LogP contribution in [0, 0.1) is 11.8 Å². The highest BCUT2D eigenvalue weighted by molar-refractivity contribution is 9.10. The predicted molar refractivity (Wildman–Crippen MR) is 94.6 cm³/mol. The van der Waals surface area contributed by atoms with Crippen molar-refractivity contribution in [3.05, 3.63) is 46.5 Å². The molecule has 2 saturated heterocycles. The number of likely N-dealkylation sites (tertiary alicyclic amines) is 1. The van der Waals surface area contributed by atoms with Crippen molar-refractivity contribution in [3.63, 3.8) is 0 Å². The highest BCUT2D eigenvalue weighted by Crippen LogP contribution is 2.53. The van der Waals surface area contributed by atoms with Crippen LogP contribution in [0.4, 0.5) is 0 Å². The van der Waals surface area contributed by atoms with E-state index in [9.17, 15) is 9.59 Å². The molecule has 1 aromatic carbocycles. The maximum atomic E-state index is 13.2. The number of fused-ring (bicyclic) bond motifs is 1. The number of nitrogens with zero attached hydrogens (tertiary/aromatic N) is 1. The minimum Gasteiger partial charge on any atom is -0.466 e. The smallest absolute Gasteiger partial charge is 0.312 e. The van der Waals surface area contributed by atoms with Gasteiger partial charge in [0.2, 0.25) is 5.91 Å². The number of hydrogen-bond donors (Lipinski definition) is 0. The Morgan fingerprint density at radius 2 is 2.16 bits per heavy atom. The lowest BCUT2D eigenvalue weighted by Crippen LogP contribution is -2.40. The molecule has 3 aliphatic rings. The number of esters is 1. The van der Waals surface area contributed by atoms with Gasteiger partial charge in [0.05, 0.1) is 31.2 Å². The second-order valence-corrected chi connectivity index (χ2v) is 7.76. The Bertz CT molecular complexity index is 746. The highest BCUT2D eigenvalue weighted by Gasteiger charge is 2.67. The van der Waals surface area contributed by atoms with Crippen LogP contribution in [0.1, 0.15) is 25.5 Å². The van der Waals surface area contributed by atoms with E-state index in [-0.39, 0.29) is 24.0 Å². The van der Waals surface area contributed by atoms with E-state index in [0.29, 0.717) is 13.2 Å². The van der Waals surface area contributed by atoms with Gasteiger partial charge in [0.1, 0.15) is 11.5 Å². The lowest BCUT2D eigenvalue weighted by atomic mass is 9.77. The number of amides is 1. The summed E-state index contributed by atoms with van der Waals surface area (Å²) in [5, 5.41) is 0. The Morgan fingerprint density at radius 1 is 1.44 bits per heavy atom. The van der Waals surface area contributed by atoms with Gasteiger partial charge in [0.15, 0.2) is 0 Å². The van der Waals surface area contributed by atoms with Crippen molar-refractivity contribution in [1.29, 1.82) is 0 Å². The van der Waals surface area contributed by atoms with Crippen LogP contribution in [-0.4, -0.2) is 41.6 Å². The molecule has 2 bridgehead atoms. The number of halogens is 1. The van der Waals surface area contributed by atoms with Gasteiger partial charge in [0, 0.05) is 4.47 Å². The van der Waals surface area contributed by atoms with Crippen LogP contribution < -0.4 is 0 Å². The molecular weight excluding hydrogens is 386 g/mol. The number of carbonyl (C=O) groups excluding carboxylic acids is 2. The third kappa shape index (κ3) is 2.46. The topological polar surface area (TPSA) is 55.8 Å². The van der Waals surface area contributed by atoms with Gasteiger partial charge < -0.3 is 14.4 Å². The van der Waals surface area contributed by atoms with Crippen molar-refractivity contribution in [3.8, 4) is 0 Å². The van der Waals surface area contributed by atoms with E-state index in [1.807, 2.05) is 48.2 Å². The van der Waals surface area contributed by atoms with Crippen LogP contribution in [0.5, 0.6) is 0 Å². The van der Waals surface area contributed by atoms with Gasteiger partial charge in [-0.2, -0.15) is 0 Å². The third-order valence-electron chi connectivity index (χ3n) is 5.51. The van der Waals surface area contributed by atoms with Crippen LogP contribution in [0.25, 0.3) is 0 Å². The molecule has 3 heterocycles. The third-order valence-corrected chi connectivity index (χ3v) is 6.04. The van der Waals surface area contributed by atoms with Crippen LogP contribution in [0.15, 0.2) is 40.9 Å². The molecule has 1 amide bonds. The van der Waals surface area contributed by atoms with Gasteiger partial charge in [-0.15, -0.1) is 0 Å². The lowest BCUT2D eigenvalue weighted by Gasteiger charge is -2.27. The number of hydrogen-bond acceptors (Lipinski definition) is 4. The molecule has 0 radical (unpaired) electrons. The quantitative estimate of drug-likeness (QED) is 0.570. The summed E-state index contributed by atoms with van der Waals surface area (Å²) in [4.78, 5) is 27.4. The molecule has 6 heteroatoms. The Hall–Kier alpha value is -1.66. The highest BCUT2D eigenvalue weighted by atomic mass is 79.9. The maximum Gasteiger partial charge on any atom is 0.312 e. The zero-order valence-electron chi connectivity index (χ0n) is 14.1. The van der Waals surface area contributed by atoms with Gasteiger partial charge in [0.25, 0.3) is 0 Å². The minimum atomic E-state index is -0.692. The van der Waals surface area contributed by atoms with E-state index in [1.165, 1.54) is 0 Å². The molecule has 4 rings (SSSR count). The standard InChI is InChI=1S/C19H20BrNO4/c1-3-24-18(23)15-14-8-9-19(25-14)10-21(17(22)16(15)19)11(2)12-4-6-13(20)7-5-12/h4-9,11,14-16H,3,10H2,1-2H3/t11-,14+,15+,16-,19+/m0/s1. The Labute approximate surface area is 155 Å². The van der Waals surface area contributed by atoms with Crippen LogP contribution in [0.2, 0.25) is 0 Å². The molecular formula is C19H20BrNO4. The Morgan fingerprint density at radius 3 is 2.84 bits per heavy atom. The summed E-state index contributed by atoms with van der Waals surface area (Å²) in [7, 11) is 0. The second-order valence-electron chi connectivity index (χ2n) is 6.85. The maximum absolute atomic E-state index is 13.2. The first kappa shape index (κ1) is 16.8. The Kier molecular flexibility index (Phi) is 4.00. The fourth-order valence-electron chi connectivity index (χ4n) is 4.28. The zero-order valence-corrected chi connectivity index (χ0v) is 15.7. The summed E-state index contributed by atoms with van der Waals surface area (Å²) in [6.07, 6.45) is 3.52. The van der Waals surface area contributed by atoms with Crippen molar-refractivity contribution < 1.29 is 19.1 Å². The van der Waals surface area contributed by atoms with Crippen LogP contribution in [-0.2, 0) is 19.1 Å². The molecule has 0 saturated carbocycles. The normalized spacial score (nSPS) is 33.6. The molecule has 0 aliphatic carbocycles. The van der Waals surface area contributed by atoms with Crippen LogP contribution in [0.3, 0.4) is 0 Å². The molecule has 1 aromatic rings. The van der Waals surface area contributed by atoms with Crippen LogP contribution >= 0.6 is 15.9 Å². The van der Waals surface area contributed by atoms with E-state index in [2.05, 4.69) is 15.9 Å². The molecule has 1 spiro atoms. The molecule has 5 nitrogen and oxygen atoms in total. The van der Waals surface area contributed by atoms with Gasteiger partial charge in [-0.1, -0.05) is 40.2 Å². The first-order valence-corrected chi connectivity index (χ1v) is 9.36. The first-order chi connectivity index (χ1) is 12.0. The first-order valence-electron chi connectivity index (χ1n) is 8.56. The molecule has 0 N–H and O–H groups in total. The second kappa shape index (κ2) is 5.95. The van der Waals surface area contributed by atoms with Gasteiger partial charge >= 0.3 is 5.97 Å². The van der Waals surface area contributed by atoms with E-state index < -0.39 is 17.4 Å². The van der Waals surface area contributed by atoms with Gasteiger partial charge in [-0.25, -0.2) is 0 Å². The number of rotatable bonds is 4. The molecule has 2 fully saturated rings. The van der Waals surface area contributed by atoms with Crippen molar-refractivity contribution in [2.24, 2.45) is 11.8 Å². The van der Waals surface area contributed by atoms with Crippen molar-refractivity contribution in [1.82, 2.24) is 4.90 Å². The average molecular weight is 406 g/mol. The minimum absolute atomic E-state index is 0.0275. The Balaban J connectivity index is 1.63. The fourth-order valence-corrected chi connectivity index (χ4v) is 4.55. The predicted octanol–water partition coefficient (Wildman–Crippen LogP) is 2.86. The van der Waals surface area contributed by atoms with Crippen molar-refractivity contribution >= 4 is 27.8 Å². The summed E-state index contributed by atoms with van der Waals surface area (Å²) >= 11 is 3.43. The van der Waals surface area contributed by atoms with E-state index >= 15 is 0 Å². The molecule has 3 aliphatic heterocycles. The SMILES string of the molecule is CCOC(=O)[C@H]1[C@H]2C(=O)N([C@@H](C)c3ccc(Br)cc3)C[C@]23C=C[C@H]1O3. The fraction of sp³-hybridized carbons (Fsp3) is 0.474. The van der Waals surface area contributed by atoms with E-state index in [4.69, 9.17) is 9.47 Å². The molecule has 0 aromatic heterocycles. The number of benzene rings is 1. The molecule has 0 unspecified atom stereocenters. The molecule has 132 valence electrons. The van der Waals surface area contributed by atoms with E-state index in [0.717, 1.165) is 10.0 Å². The largest absolute Gasteiger partial charge is 0.466 e. The summed E-state index contributed by atoms with van der Waals surface area (Å²) < 4.78 is 12.3. The molecule has 25 heavy (non-hydrogen) atoms. The van der Waals surface area contributed by atoms with Crippen molar-refractivity contribution in [2.45, 2.75) is 31.6 Å².